The maximum atomic E-state index is 13.5. The number of ether oxygens (including phenoxy) is 1. The Morgan fingerprint density at radius 1 is 1.25 bits per heavy atom. The molecule has 0 N–H and O–H groups in total. The normalized spacial score (nSPS) is 22.3. The van der Waals surface area contributed by atoms with Crippen molar-refractivity contribution >= 4 is 5.91 Å². The molecule has 0 aromatic heterocycles. The van der Waals surface area contributed by atoms with Crippen LogP contribution in [-0.2, 0) is 16.1 Å². The average molecular weight is 281 g/mol. The molecule has 1 aromatic carbocycles. The zero-order chi connectivity index (χ0) is 14.1. The Hall–Kier alpha value is -1.49. The van der Waals surface area contributed by atoms with Crippen molar-refractivity contribution in [3.8, 4) is 0 Å². The second kappa shape index (κ2) is 5.48. The Bertz CT molecular complexity index is 496. The summed E-state index contributed by atoms with van der Waals surface area (Å²) in [5, 5.41) is 0. The van der Waals surface area contributed by atoms with Crippen LogP contribution in [0, 0.1) is 17.6 Å². The zero-order valence-corrected chi connectivity index (χ0v) is 11.1. The van der Waals surface area contributed by atoms with Gasteiger partial charge in [0.25, 0.3) is 0 Å². The van der Waals surface area contributed by atoms with Gasteiger partial charge < -0.3 is 9.64 Å². The minimum absolute atomic E-state index is 0.0422. The van der Waals surface area contributed by atoms with Crippen LogP contribution in [0.25, 0.3) is 0 Å². The third-order valence-corrected chi connectivity index (χ3v) is 3.91. The van der Waals surface area contributed by atoms with E-state index < -0.39 is 11.6 Å². The Balaban J connectivity index is 1.53. The summed E-state index contributed by atoms with van der Waals surface area (Å²) in [7, 11) is 0. The summed E-state index contributed by atoms with van der Waals surface area (Å²) in [5.74, 6) is -0.770. The molecule has 1 aliphatic heterocycles. The van der Waals surface area contributed by atoms with Crippen LogP contribution in [0.1, 0.15) is 24.8 Å². The number of likely N-dealkylation sites (tertiary alicyclic amines) is 1. The van der Waals surface area contributed by atoms with Crippen molar-refractivity contribution in [2.45, 2.75) is 32.0 Å². The van der Waals surface area contributed by atoms with Crippen LogP contribution >= 0.6 is 0 Å². The maximum Gasteiger partial charge on any atom is 0.225 e. The monoisotopic (exact) mass is 281 g/mol. The van der Waals surface area contributed by atoms with Crippen LogP contribution in [0.5, 0.6) is 0 Å². The van der Waals surface area contributed by atoms with Crippen LogP contribution in [0.4, 0.5) is 8.78 Å². The van der Waals surface area contributed by atoms with E-state index in [0.717, 1.165) is 19.3 Å². The molecule has 0 unspecified atom stereocenters. The highest BCUT2D eigenvalue weighted by atomic mass is 19.1. The van der Waals surface area contributed by atoms with Gasteiger partial charge in [0.15, 0.2) is 0 Å². The van der Waals surface area contributed by atoms with Crippen molar-refractivity contribution in [2.75, 3.05) is 13.1 Å². The third-order valence-electron chi connectivity index (χ3n) is 3.91. The maximum absolute atomic E-state index is 13.5. The number of rotatable bonds is 4. The summed E-state index contributed by atoms with van der Waals surface area (Å²) in [6, 6.07) is 3.78. The zero-order valence-electron chi connectivity index (χ0n) is 11.1. The van der Waals surface area contributed by atoms with Gasteiger partial charge in [-0.25, -0.2) is 8.78 Å². The van der Waals surface area contributed by atoms with Crippen LogP contribution in [-0.4, -0.2) is 30.0 Å². The first kappa shape index (κ1) is 13.5. The lowest BCUT2D eigenvalue weighted by atomic mass is 10.2. The summed E-state index contributed by atoms with van der Waals surface area (Å²) in [5.41, 5.74) is -0.0422. The minimum Gasteiger partial charge on any atom is -0.371 e. The average Bonchev–Trinajstić information content (AvgIpc) is 3.17. The van der Waals surface area contributed by atoms with E-state index in [4.69, 9.17) is 4.74 Å². The van der Waals surface area contributed by atoms with Gasteiger partial charge in [-0.15, -0.1) is 0 Å². The van der Waals surface area contributed by atoms with Crippen LogP contribution in [0.2, 0.25) is 0 Å². The molecule has 1 heterocycles. The lowest BCUT2D eigenvalue weighted by Crippen LogP contribution is -2.31. The predicted octanol–water partition coefficient (Wildman–Crippen LogP) is 2.49. The Morgan fingerprint density at radius 3 is 2.60 bits per heavy atom. The van der Waals surface area contributed by atoms with E-state index in [-0.39, 0.29) is 30.1 Å². The first-order chi connectivity index (χ1) is 9.65. The predicted molar refractivity (Wildman–Crippen MR) is 68.9 cm³/mol. The molecule has 1 atom stereocenters. The van der Waals surface area contributed by atoms with Crippen molar-refractivity contribution < 1.29 is 18.3 Å². The number of carbonyl (C=O) groups is 1. The fourth-order valence-electron chi connectivity index (χ4n) is 2.52. The Labute approximate surface area is 116 Å². The van der Waals surface area contributed by atoms with Crippen LogP contribution in [0.15, 0.2) is 18.2 Å². The minimum atomic E-state index is -0.589. The Kier molecular flexibility index (Phi) is 3.70. The molecule has 5 heteroatoms. The summed E-state index contributed by atoms with van der Waals surface area (Å²) < 4.78 is 32.5. The van der Waals surface area contributed by atoms with Gasteiger partial charge in [-0.05, 0) is 31.4 Å². The van der Waals surface area contributed by atoms with Gasteiger partial charge in [0.05, 0.1) is 12.7 Å². The molecule has 1 amide bonds. The van der Waals surface area contributed by atoms with E-state index in [1.807, 2.05) is 0 Å². The van der Waals surface area contributed by atoms with Crippen molar-refractivity contribution in [3.05, 3.63) is 35.4 Å². The standard InChI is InChI=1S/C15H17F2NO2/c16-13-2-1-3-14(17)12(13)9-20-11-6-7-18(8-11)15(19)10-4-5-10/h1-3,10-11H,4-9H2/t11-/m0/s1. The summed E-state index contributed by atoms with van der Waals surface area (Å²) >= 11 is 0. The number of halogens is 2. The molecule has 1 saturated carbocycles. The van der Waals surface area contributed by atoms with Gasteiger partial charge >= 0.3 is 0 Å². The molecule has 2 fully saturated rings. The van der Waals surface area contributed by atoms with Gasteiger partial charge in [0.1, 0.15) is 11.6 Å². The molecule has 0 bridgehead atoms. The number of amides is 1. The van der Waals surface area contributed by atoms with Crippen LogP contribution in [0.3, 0.4) is 0 Å². The molecule has 108 valence electrons. The summed E-state index contributed by atoms with van der Waals surface area (Å²) in [4.78, 5) is 13.7. The molecule has 3 nitrogen and oxygen atoms in total. The molecule has 20 heavy (non-hydrogen) atoms. The molecule has 1 aliphatic carbocycles. The van der Waals surface area contributed by atoms with Gasteiger partial charge in [-0.1, -0.05) is 6.07 Å². The van der Waals surface area contributed by atoms with E-state index in [9.17, 15) is 13.6 Å². The topological polar surface area (TPSA) is 29.5 Å². The summed E-state index contributed by atoms with van der Waals surface area (Å²) in [6.45, 7) is 1.12. The fourth-order valence-corrected chi connectivity index (χ4v) is 2.52. The van der Waals surface area contributed by atoms with E-state index in [0.29, 0.717) is 13.1 Å². The SMILES string of the molecule is O=C(C1CC1)N1CC[C@H](OCc2c(F)cccc2F)C1. The van der Waals surface area contributed by atoms with Crippen molar-refractivity contribution in [1.29, 1.82) is 0 Å². The highest BCUT2D eigenvalue weighted by Crippen LogP contribution is 2.32. The number of hydrogen-bond acceptors (Lipinski definition) is 2. The molecule has 0 spiro atoms. The highest BCUT2D eigenvalue weighted by Gasteiger charge is 2.36. The van der Waals surface area contributed by atoms with Crippen molar-refractivity contribution in [1.82, 2.24) is 4.90 Å². The Morgan fingerprint density at radius 2 is 1.95 bits per heavy atom. The molecule has 2 aliphatic rings. The van der Waals surface area contributed by atoms with Crippen molar-refractivity contribution in [3.63, 3.8) is 0 Å². The summed E-state index contributed by atoms with van der Waals surface area (Å²) in [6.07, 6.45) is 2.58. The lowest BCUT2D eigenvalue weighted by molar-refractivity contribution is -0.132. The molecular formula is C15H17F2NO2. The van der Waals surface area contributed by atoms with Gasteiger partial charge in [-0.3, -0.25) is 4.79 Å². The first-order valence-corrected chi connectivity index (χ1v) is 6.98. The molecular weight excluding hydrogens is 264 g/mol. The molecule has 1 aromatic rings. The smallest absolute Gasteiger partial charge is 0.225 e. The third kappa shape index (κ3) is 2.82. The first-order valence-electron chi connectivity index (χ1n) is 6.98. The van der Waals surface area contributed by atoms with Crippen molar-refractivity contribution in [2.24, 2.45) is 5.92 Å². The molecule has 0 radical (unpaired) electrons. The van der Waals surface area contributed by atoms with Gasteiger partial charge in [0.2, 0.25) is 5.91 Å². The second-order valence-corrected chi connectivity index (χ2v) is 5.48. The fraction of sp³-hybridized carbons (Fsp3) is 0.533. The van der Waals surface area contributed by atoms with Gasteiger partial charge in [-0.2, -0.15) is 0 Å². The van der Waals surface area contributed by atoms with E-state index in [2.05, 4.69) is 0 Å². The highest BCUT2D eigenvalue weighted by molar-refractivity contribution is 5.81. The largest absolute Gasteiger partial charge is 0.371 e. The quantitative estimate of drug-likeness (QED) is 0.848. The van der Waals surface area contributed by atoms with E-state index in [1.165, 1.54) is 18.2 Å². The second-order valence-electron chi connectivity index (χ2n) is 5.48. The van der Waals surface area contributed by atoms with Gasteiger partial charge in [0, 0.05) is 24.6 Å². The van der Waals surface area contributed by atoms with E-state index >= 15 is 0 Å². The number of hydrogen-bond donors (Lipinski definition) is 0. The van der Waals surface area contributed by atoms with Crippen LogP contribution < -0.4 is 0 Å². The number of nitrogens with zero attached hydrogens (tertiary/aromatic N) is 1. The molecule has 3 rings (SSSR count). The van der Waals surface area contributed by atoms with E-state index in [1.54, 1.807) is 4.90 Å². The number of benzene rings is 1. The number of carbonyl (C=O) groups excluding carboxylic acids is 1. The lowest BCUT2D eigenvalue weighted by Gasteiger charge is -2.16. The molecule has 1 saturated heterocycles.